The molecule has 7 nitrogen and oxygen atoms in total. The maximum atomic E-state index is 13.8. The van der Waals surface area contributed by atoms with E-state index >= 15 is 0 Å². The van der Waals surface area contributed by atoms with Crippen LogP contribution in [-0.4, -0.2) is 35.1 Å². The van der Waals surface area contributed by atoms with Crippen molar-refractivity contribution in [3.63, 3.8) is 0 Å². The van der Waals surface area contributed by atoms with Crippen LogP contribution in [0.4, 0.5) is 9.52 Å². The van der Waals surface area contributed by atoms with Crippen LogP contribution in [0.2, 0.25) is 0 Å². The number of anilines is 1. The third-order valence-corrected chi connectivity index (χ3v) is 9.15. The second kappa shape index (κ2) is 11.4. The van der Waals surface area contributed by atoms with Crippen molar-refractivity contribution >= 4 is 42.6 Å². The molecule has 5 aromatic rings. The van der Waals surface area contributed by atoms with Crippen LogP contribution in [0.3, 0.4) is 0 Å². The van der Waals surface area contributed by atoms with Gasteiger partial charge in [0.1, 0.15) is 5.82 Å². The van der Waals surface area contributed by atoms with Crippen LogP contribution in [0, 0.1) is 5.82 Å². The summed E-state index contributed by atoms with van der Waals surface area (Å²) in [5.74, 6) is -0.744. The highest BCUT2D eigenvalue weighted by atomic mass is 32.2. The maximum absolute atomic E-state index is 13.8. The topological polar surface area (TPSA) is 83.5 Å². The predicted molar refractivity (Wildman–Crippen MR) is 150 cm³/mol. The number of halogens is 1. The molecule has 0 N–H and O–H groups in total. The van der Waals surface area contributed by atoms with E-state index in [-0.39, 0.29) is 29.7 Å². The van der Waals surface area contributed by atoms with Gasteiger partial charge in [0.2, 0.25) is 10.0 Å². The summed E-state index contributed by atoms with van der Waals surface area (Å²) in [6.07, 6.45) is 3.31. The van der Waals surface area contributed by atoms with E-state index in [0.717, 1.165) is 11.1 Å². The summed E-state index contributed by atoms with van der Waals surface area (Å²) in [7, 11) is -3.78. The fourth-order valence-corrected chi connectivity index (χ4v) is 6.56. The van der Waals surface area contributed by atoms with Crippen molar-refractivity contribution in [1.29, 1.82) is 0 Å². The number of pyridine rings is 1. The van der Waals surface area contributed by atoms with Gasteiger partial charge in [0, 0.05) is 31.0 Å². The Bertz CT molecular complexity index is 1690. The van der Waals surface area contributed by atoms with Gasteiger partial charge < -0.3 is 0 Å². The number of thiazole rings is 1. The van der Waals surface area contributed by atoms with E-state index < -0.39 is 10.0 Å². The molecule has 39 heavy (non-hydrogen) atoms. The summed E-state index contributed by atoms with van der Waals surface area (Å²) in [5, 5.41) is 0.404. The molecule has 1 amide bonds. The lowest BCUT2D eigenvalue weighted by Gasteiger charge is -2.22. The molecule has 5 rings (SSSR count). The van der Waals surface area contributed by atoms with Crippen LogP contribution in [0.5, 0.6) is 0 Å². The normalized spacial score (nSPS) is 11.7. The molecule has 10 heteroatoms. The fourth-order valence-electron chi connectivity index (χ4n) is 4.13. The molecule has 0 spiro atoms. The Balaban J connectivity index is 1.44. The second-order valence-electron chi connectivity index (χ2n) is 8.80. The van der Waals surface area contributed by atoms with Crippen LogP contribution >= 0.6 is 11.3 Å². The van der Waals surface area contributed by atoms with Crippen LogP contribution in [0.1, 0.15) is 28.4 Å². The van der Waals surface area contributed by atoms with E-state index in [0.29, 0.717) is 27.5 Å². The molecule has 0 saturated carbocycles. The zero-order chi connectivity index (χ0) is 27.4. The molecule has 0 atom stereocenters. The summed E-state index contributed by atoms with van der Waals surface area (Å²) < 4.78 is 42.5. The molecular weight excluding hydrogens is 535 g/mol. The first kappa shape index (κ1) is 26.6. The minimum Gasteiger partial charge on any atom is -0.279 e. The van der Waals surface area contributed by atoms with Gasteiger partial charge in [-0.25, -0.2) is 17.8 Å². The van der Waals surface area contributed by atoms with E-state index in [9.17, 15) is 17.6 Å². The van der Waals surface area contributed by atoms with E-state index in [2.05, 4.69) is 9.97 Å². The molecule has 0 bridgehead atoms. The van der Waals surface area contributed by atoms with Crippen molar-refractivity contribution in [3.05, 3.63) is 120 Å². The monoisotopic (exact) mass is 560 g/mol. The molecule has 0 saturated heterocycles. The number of fused-ring (bicyclic) bond motifs is 1. The number of aromatic nitrogens is 2. The molecule has 0 aliphatic rings. The highest BCUT2D eigenvalue weighted by Crippen LogP contribution is 2.31. The fraction of sp³-hybridized carbons (Fsp3) is 0.138. The van der Waals surface area contributed by atoms with Gasteiger partial charge in [-0.2, -0.15) is 4.31 Å². The third kappa shape index (κ3) is 5.88. The van der Waals surface area contributed by atoms with Crippen molar-refractivity contribution in [3.8, 4) is 0 Å². The number of amides is 1. The van der Waals surface area contributed by atoms with Gasteiger partial charge in [-0.1, -0.05) is 54.7 Å². The smallest absolute Gasteiger partial charge is 0.260 e. The Hall–Kier alpha value is -3.99. The Morgan fingerprint density at radius 1 is 0.923 bits per heavy atom. The number of carbonyl (C=O) groups is 1. The first-order valence-electron chi connectivity index (χ1n) is 12.3. The number of benzene rings is 3. The summed E-state index contributed by atoms with van der Waals surface area (Å²) in [5.41, 5.74) is 2.56. The summed E-state index contributed by atoms with van der Waals surface area (Å²) in [6, 6.07) is 23.2. The highest BCUT2D eigenvalue weighted by Gasteiger charge is 2.26. The first-order chi connectivity index (χ1) is 18.8. The number of nitrogens with zero attached hydrogens (tertiary/aromatic N) is 4. The molecule has 0 fully saturated rings. The highest BCUT2D eigenvalue weighted by molar-refractivity contribution is 7.89. The first-order valence-corrected chi connectivity index (χ1v) is 14.5. The number of carbonyl (C=O) groups excluding carboxylic acids is 1. The van der Waals surface area contributed by atoms with Gasteiger partial charge in [-0.05, 0) is 59.7 Å². The van der Waals surface area contributed by atoms with Crippen LogP contribution in [0.25, 0.3) is 10.2 Å². The minimum absolute atomic E-state index is 0.103. The number of hydrogen-bond donors (Lipinski definition) is 0. The molecule has 0 unspecified atom stereocenters. The van der Waals surface area contributed by atoms with E-state index in [4.69, 9.17) is 0 Å². The zero-order valence-electron chi connectivity index (χ0n) is 21.1. The average molecular weight is 561 g/mol. The number of rotatable bonds is 9. The van der Waals surface area contributed by atoms with Crippen molar-refractivity contribution in [2.45, 2.75) is 24.9 Å². The Kier molecular flexibility index (Phi) is 7.78. The summed E-state index contributed by atoms with van der Waals surface area (Å²) >= 11 is 1.21. The van der Waals surface area contributed by atoms with Crippen molar-refractivity contribution in [2.24, 2.45) is 0 Å². The van der Waals surface area contributed by atoms with Gasteiger partial charge in [-0.15, -0.1) is 0 Å². The SMILES string of the molecule is CCN(Cc1ccccc1)S(=O)(=O)c1ccc(C(=O)N(Cc2cccnc2)c2nc3ccc(F)cc3s2)cc1. The second-order valence-corrected chi connectivity index (χ2v) is 11.7. The van der Waals surface area contributed by atoms with Crippen LogP contribution in [0.15, 0.2) is 102 Å². The lowest BCUT2D eigenvalue weighted by atomic mass is 10.2. The quantitative estimate of drug-likeness (QED) is 0.225. The molecule has 0 radical (unpaired) electrons. The van der Waals surface area contributed by atoms with Gasteiger partial charge >= 0.3 is 0 Å². The Morgan fingerprint density at radius 2 is 1.67 bits per heavy atom. The van der Waals surface area contributed by atoms with Gasteiger partial charge in [0.15, 0.2) is 5.13 Å². The average Bonchev–Trinajstić information content (AvgIpc) is 3.38. The molecule has 3 aromatic carbocycles. The largest absolute Gasteiger partial charge is 0.279 e. The van der Waals surface area contributed by atoms with Gasteiger partial charge in [-0.3, -0.25) is 14.7 Å². The summed E-state index contributed by atoms with van der Waals surface area (Å²) in [4.78, 5) is 24.0. The maximum Gasteiger partial charge on any atom is 0.260 e. The van der Waals surface area contributed by atoms with Crippen molar-refractivity contribution < 1.29 is 17.6 Å². The molecule has 2 aromatic heterocycles. The lowest BCUT2D eigenvalue weighted by molar-refractivity contribution is 0.0985. The van der Waals surface area contributed by atoms with Gasteiger partial charge in [0.05, 0.1) is 21.7 Å². The van der Waals surface area contributed by atoms with Crippen LogP contribution < -0.4 is 4.90 Å². The molecular formula is C29H25FN4O3S2. The van der Waals surface area contributed by atoms with E-state index in [1.54, 1.807) is 31.5 Å². The Morgan fingerprint density at radius 3 is 2.36 bits per heavy atom. The summed E-state index contributed by atoms with van der Waals surface area (Å²) in [6.45, 7) is 2.53. The standard InChI is InChI=1S/C29H25FN4O3S2/c1-2-33(19-21-7-4-3-5-8-21)39(36,37)25-13-10-23(11-14-25)28(35)34(20-22-9-6-16-31-18-22)29-32-26-15-12-24(30)17-27(26)38-29/h3-18H,2,19-20H2,1H3. The van der Waals surface area contributed by atoms with Crippen molar-refractivity contribution in [1.82, 2.24) is 14.3 Å². The van der Waals surface area contributed by atoms with Crippen molar-refractivity contribution in [2.75, 3.05) is 11.4 Å². The third-order valence-electron chi connectivity index (χ3n) is 6.17. The predicted octanol–water partition coefficient (Wildman–Crippen LogP) is 5.89. The molecule has 0 aliphatic heterocycles. The van der Waals surface area contributed by atoms with Gasteiger partial charge in [0.25, 0.3) is 5.91 Å². The number of hydrogen-bond acceptors (Lipinski definition) is 6. The molecule has 198 valence electrons. The minimum atomic E-state index is -3.78. The van der Waals surface area contributed by atoms with E-state index in [1.807, 2.05) is 36.4 Å². The lowest BCUT2D eigenvalue weighted by Crippen LogP contribution is -2.31. The Labute approximate surface area is 230 Å². The molecule has 0 aliphatic carbocycles. The zero-order valence-corrected chi connectivity index (χ0v) is 22.7. The van der Waals surface area contributed by atoms with Crippen LogP contribution in [-0.2, 0) is 23.1 Å². The number of sulfonamides is 1. The van der Waals surface area contributed by atoms with E-state index in [1.165, 1.54) is 56.9 Å². The molecule has 2 heterocycles.